The molecule has 0 saturated carbocycles. The van der Waals surface area contributed by atoms with Crippen LogP contribution in [0.1, 0.15) is 27.2 Å². The van der Waals surface area contributed by atoms with E-state index in [-0.39, 0.29) is 5.91 Å². The van der Waals surface area contributed by atoms with Gasteiger partial charge >= 0.3 is 12.1 Å². The number of fused-ring (bicyclic) bond motifs is 2. The maximum absolute atomic E-state index is 13.5. The molecule has 3 heterocycles. The summed E-state index contributed by atoms with van der Waals surface area (Å²) in [7, 11) is 2.19. The minimum absolute atomic E-state index is 0.128. The van der Waals surface area contributed by atoms with Gasteiger partial charge in [-0.1, -0.05) is 66.7 Å². The van der Waals surface area contributed by atoms with E-state index < -0.39 is 12.1 Å². The van der Waals surface area contributed by atoms with Crippen molar-refractivity contribution in [2.24, 2.45) is 0 Å². The molecule has 1 amide bonds. The van der Waals surface area contributed by atoms with E-state index in [0.29, 0.717) is 13.1 Å². The Labute approximate surface area is 248 Å². The maximum atomic E-state index is 13.5. The van der Waals surface area contributed by atoms with Crippen LogP contribution in [-0.4, -0.2) is 82.6 Å². The fourth-order valence-corrected chi connectivity index (χ4v) is 5.39. The van der Waals surface area contributed by atoms with Crippen molar-refractivity contribution in [2.45, 2.75) is 25.7 Å². The molecule has 3 aromatic carbocycles. The smallest absolute Gasteiger partial charge is 0.475 e. The molecule has 0 aliphatic carbocycles. The van der Waals surface area contributed by atoms with Crippen molar-refractivity contribution in [1.29, 1.82) is 0 Å². The highest BCUT2D eigenvalue weighted by Gasteiger charge is 2.38. The second-order valence-corrected chi connectivity index (χ2v) is 10.9. The molecule has 2 aliphatic heterocycles. The average Bonchev–Trinajstić information content (AvgIpc) is 3.32. The van der Waals surface area contributed by atoms with Gasteiger partial charge in [-0.05, 0) is 41.4 Å². The number of piperazine rings is 1. The number of carboxylic acid groups (broad SMARTS) is 1. The van der Waals surface area contributed by atoms with Gasteiger partial charge in [0.2, 0.25) is 0 Å². The zero-order chi connectivity index (χ0) is 30.6. The molecular weight excluding hydrogens is 557 g/mol. The normalized spacial score (nSPS) is 15.7. The predicted molar refractivity (Wildman–Crippen MR) is 159 cm³/mol. The highest BCUT2D eigenvalue weighted by molar-refractivity contribution is 6.04. The first kappa shape index (κ1) is 30.2. The van der Waals surface area contributed by atoms with Crippen molar-refractivity contribution in [1.82, 2.24) is 19.7 Å². The SMILES string of the molecule is CN1CCN(Cc2ccc(-c3cccc4c3C(=O)N(CCc3ccc5ccccc5n3)C4)cc2)CC1.O=C(O)C(F)(F)F. The van der Waals surface area contributed by atoms with E-state index in [1.165, 1.54) is 5.56 Å². The number of carbonyl (C=O) groups excluding carboxylic acids is 1. The molecule has 0 atom stereocenters. The lowest BCUT2D eigenvalue weighted by Gasteiger charge is -2.32. The minimum atomic E-state index is -5.08. The molecule has 1 saturated heterocycles. The quantitative estimate of drug-likeness (QED) is 0.321. The third-order valence-electron chi connectivity index (χ3n) is 7.82. The summed E-state index contributed by atoms with van der Waals surface area (Å²) in [6.07, 6.45) is -4.33. The van der Waals surface area contributed by atoms with Gasteiger partial charge in [0.15, 0.2) is 0 Å². The predicted octanol–water partition coefficient (Wildman–Crippen LogP) is 5.48. The van der Waals surface area contributed by atoms with E-state index in [1.54, 1.807) is 0 Å². The van der Waals surface area contributed by atoms with Gasteiger partial charge in [-0.2, -0.15) is 13.2 Å². The molecule has 10 heteroatoms. The number of likely N-dealkylation sites (N-methyl/N-ethyl adjacent to an activating group) is 1. The number of hydrogen-bond acceptors (Lipinski definition) is 5. The van der Waals surface area contributed by atoms with Crippen LogP contribution in [-0.2, 0) is 24.3 Å². The minimum Gasteiger partial charge on any atom is -0.475 e. The number of alkyl halides is 3. The highest BCUT2D eigenvalue weighted by Crippen LogP contribution is 2.33. The number of nitrogens with zero attached hydrogens (tertiary/aromatic N) is 4. The Morgan fingerprint density at radius 2 is 1.60 bits per heavy atom. The van der Waals surface area contributed by atoms with Gasteiger partial charge in [-0.25, -0.2) is 4.79 Å². The summed E-state index contributed by atoms with van der Waals surface area (Å²) in [6.45, 7) is 6.80. The summed E-state index contributed by atoms with van der Waals surface area (Å²) in [6, 6.07) is 27.4. The van der Waals surface area contributed by atoms with Crippen molar-refractivity contribution >= 4 is 22.8 Å². The molecule has 7 nitrogen and oxygen atoms in total. The first-order valence-electron chi connectivity index (χ1n) is 14.1. The molecule has 1 aromatic heterocycles. The Bertz CT molecular complexity index is 1600. The molecule has 43 heavy (non-hydrogen) atoms. The number of carbonyl (C=O) groups is 2. The van der Waals surface area contributed by atoms with Gasteiger partial charge in [-0.15, -0.1) is 0 Å². The van der Waals surface area contributed by atoms with Gasteiger partial charge < -0.3 is 14.9 Å². The fourth-order valence-electron chi connectivity index (χ4n) is 5.39. The van der Waals surface area contributed by atoms with Crippen LogP contribution in [0.4, 0.5) is 13.2 Å². The summed E-state index contributed by atoms with van der Waals surface area (Å²) < 4.78 is 31.7. The molecule has 2 aliphatic rings. The molecule has 0 radical (unpaired) electrons. The Morgan fingerprint density at radius 3 is 2.30 bits per heavy atom. The van der Waals surface area contributed by atoms with Crippen LogP contribution in [0, 0.1) is 0 Å². The van der Waals surface area contributed by atoms with Gasteiger partial charge in [-0.3, -0.25) is 14.7 Å². The van der Waals surface area contributed by atoms with E-state index >= 15 is 0 Å². The van der Waals surface area contributed by atoms with Crippen molar-refractivity contribution in [3.63, 3.8) is 0 Å². The molecule has 224 valence electrons. The van der Waals surface area contributed by atoms with E-state index in [9.17, 15) is 18.0 Å². The molecule has 0 unspecified atom stereocenters. The lowest BCUT2D eigenvalue weighted by Crippen LogP contribution is -2.43. The number of hydrogen-bond donors (Lipinski definition) is 1. The second-order valence-electron chi connectivity index (χ2n) is 10.9. The molecule has 1 N–H and O–H groups in total. The molecular formula is C33H33F3N4O3. The van der Waals surface area contributed by atoms with Crippen LogP contribution in [0.3, 0.4) is 0 Å². The van der Waals surface area contributed by atoms with Gasteiger partial charge in [0.1, 0.15) is 0 Å². The van der Waals surface area contributed by atoms with Gasteiger partial charge in [0.05, 0.1) is 11.1 Å². The number of carboxylic acids is 1. The zero-order valence-electron chi connectivity index (χ0n) is 23.8. The number of halogens is 3. The third kappa shape index (κ3) is 7.39. The van der Waals surface area contributed by atoms with Crippen LogP contribution in [0.15, 0.2) is 78.9 Å². The Morgan fingerprint density at radius 1 is 0.907 bits per heavy atom. The van der Waals surface area contributed by atoms with E-state index in [0.717, 1.165) is 78.0 Å². The molecule has 0 spiro atoms. The number of aliphatic carboxylic acids is 1. The Hall–Kier alpha value is -4.28. The number of rotatable bonds is 6. The van der Waals surface area contributed by atoms with Crippen LogP contribution >= 0.6 is 0 Å². The number of benzene rings is 3. The topological polar surface area (TPSA) is 77.0 Å². The monoisotopic (exact) mass is 590 g/mol. The van der Waals surface area contributed by atoms with Crippen LogP contribution in [0.5, 0.6) is 0 Å². The summed E-state index contributed by atoms with van der Waals surface area (Å²) in [4.78, 5) is 34.0. The molecule has 6 rings (SSSR count). The first-order valence-corrected chi connectivity index (χ1v) is 14.1. The number of pyridine rings is 1. The molecule has 0 bridgehead atoms. The van der Waals surface area contributed by atoms with Gasteiger partial charge in [0, 0.05) is 63.3 Å². The Balaban J connectivity index is 0.000000472. The molecule has 1 fully saturated rings. The number of amides is 1. The Kier molecular flexibility index (Phi) is 9.08. The highest BCUT2D eigenvalue weighted by atomic mass is 19.4. The van der Waals surface area contributed by atoms with Crippen molar-refractivity contribution in [3.05, 3.63) is 101 Å². The fraction of sp³-hybridized carbons (Fsp3) is 0.303. The lowest BCUT2D eigenvalue weighted by atomic mass is 9.96. The largest absolute Gasteiger partial charge is 0.490 e. The lowest BCUT2D eigenvalue weighted by molar-refractivity contribution is -0.192. The van der Waals surface area contributed by atoms with Crippen molar-refractivity contribution in [2.75, 3.05) is 39.8 Å². The first-order chi connectivity index (χ1) is 20.6. The zero-order valence-corrected chi connectivity index (χ0v) is 23.8. The third-order valence-corrected chi connectivity index (χ3v) is 7.82. The van der Waals surface area contributed by atoms with E-state index in [2.05, 4.69) is 77.5 Å². The van der Waals surface area contributed by atoms with E-state index in [1.807, 2.05) is 23.1 Å². The summed E-state index contributed by atoms with van der Waals surface area (Å²) in [5, 5.41) is 8.27. The van der Waals surface area contributed by atoms with E-state index in [4.69, 9.17) is 14.9 Å². The molecule has 4 aromatic rings. The van der Waals surface area contributed by atoms with Crippen LogP contribution in [0.2, 0.25) is 0 Å². The summed E-state index contributed by atoms with van der Waals surface area (Å²) >= 11 is 0. The van der Waals surface area contributed by atoms with Crippen LogP contribution in [0.25, 0.3) is 22.0 Å². The number of para-hydroxylation sites is 1. The summed E-state index contributed by atoms with van der Waals surface area (Å²) in [5.41, 5.74) is 7.47. The maximum Gasteiger partial charge on any atom is 0.490 e. The van der Waals surface area contributed by atoms with Gasteiger partial charge in [0.25, 0.3) is 5.91 Å². The standard InChI is InChI=1S/C31H32N4O.C2HF3O2/c1-33-17-19-34(20-18-33)21-23-9-11-24(12-10-23)28-7-4-6-26-22-35(31(36)30(26)28)16-15-27-14-13-25-5-2-3-8-29(25)32-27;3-2(4,5)1(6)7/h2-14H,15-22H2,1H3;(H,6,7). The average molecular weight is 591 g/mol. The van der Waals surface area contributed by atoms with Crippen molar-refractivity contribution in [3.8, 4) is 11.1 Å². The second kappa shape index (κ2) is 12.9. The van der Waals surface area contributed by atoms with Crippen molar-refractivity contribution < 1.29 is 27.9 Å². The number of aromatic nitrogens is 1. The summed E-state index contributed by atoms with van der Waals surface area (Å²) in [5.74, 6) is -2.63. The van der Waals surface area contributed by atoms with Crippen LogP contribution < -0.4 is 0 Å².